The lowest BCUT2D eigenvalue weighted by Crippen LogP contribution is -2.35. The number of fused-ring (bicyclic) bond motifs is 1. The van der Waals surface area contributed by atoms with Gasteiger partial charge in [0.05, 0.1) is 0 Å². The zero-order valence-electron chi connectivity index (χ0n) is 8.60. The molecule has 0 heterocycles. The van der Waals surface area contributed by atoms with Gasteiger partial charge < -0.3 is 0 Å². The van der Waals surface area contributed by atoms with Crippen molar-refractivity contribution in [1.29, 1.82) is 0 Å². The number of hydrogen-bond acceptors (Lipinski definition) is 2. The molecule has 0 bridgehead atoms. The van der Waals surface area contributed by atoms with Crippen molar-refractivity contribution < 1.29 is 13.0 Å². The maximum Gasteiger partial charge on any atom is 0.274 e. The Morgan fingerprint density at radius 1 is 1.33 bits per heavy atom. The topological polar surface area (TPSA) is 54.4 Å². The molecule has 0 aliphatic heterocycles. The van der Waals surface area contributed by atoms with E-state index < -0.39 is 14.9 Å². The molecule has 2 rings (SSSR count). The molecule has 0 saturated heterocycles. The molecular formula is C11H14O3S. The molecule has 4 heteroatoms. The summed E-state index contributed by atoms with van der Waals surface area (Å²) in [4.78, 5) is 0. The molecule has 0 radical (unpaired) electrons. The first kappa shape index (κ1) is 10.6. The van der Waals surface area contributed by atoms with E-state index in [0.717, 1.165) is 24.0 Å². The Hall–Kier alpha value is -0.870. The third-order valence-corrected chi connectivity index (χ3v) is 4.82. The van der Waals surface area contributed by atoms with Gasteiger partial charge in [-0.25, -0.2) is 0 Å². The van der Waals surface area contributed by atoms with Crippen molar-refractivity contribution in [1.82, 2.24) is 0 Å². The molecule has 1 atom stereocenters. The largest absolute Gasteiger partial charge is 0.285 e. The molecule has 0 amide bonds. The molecule has 0 saturated carbocycles. The average molecular weight is 226 g/mol. The highest BCUT2D eigenvalue weighted by molar-refractivity contribution is 7.86. The van der Waals surface area contributed by atoms with Gasteiger partial charge in [-0.15, -0.1) is 0 Å². The van der Waals surface area contributed by atoms with Gasteiger partial charge in [0.25, 0.3) is 10.1 Å². The van der Waals surface area contributed by atoms with Crippen LogP contribution in [0.3, 0.4) is 0 Å². The minimum atomic E-state index is -4.04. The quantitative estimate of drug-likeness (QED) is 0.746. The van der Waals surface area contributed by atoms with Crippen molar-refractivity contribution in [3.05, 3.63) is 35.4 Å². The summed E-state index contributed by atoms with van der Waals surface area (Å²) in [5, 5.41) is 0. The van der Waals surface area contributed by atoms with E-state index in [0.29, 0.717) is 6.42 Å². The number of rotatable bonds is 1. The van der Waals surface area contributed by atoms with E-state index in [1.165, 1.54) is 0 Å². The van der Waals surface area contributed by atoms with Crippen molar-refractivity contribution >= 4 is 10.1 Å². The number of benzene rings is 1. The monoisotopic (exact) mass is 226 g/mol. The summed E-state index contributed by atoms with van der Waals surface area (Å²) < 4.78 is 31.1. The molecule has 0 spiro atoms. The van der Waals surface area contributed by atoms with Crippen LogP contribution < -0.4 is 0 Å². The van der Waals surface area contributed by atoms with Gasteiger partial charge >= 0.3 is 0 Å². The lowest BCUT2D eigenvalue weighted by atomic mass is 9.83. The highest BCUT2D eigenvalue weighted by Gasteiger charge is 2.42. The SMILES string of the molecule is CC1(S(=O)(=O)O)CCCc2ccccc21. The van der Waals surface area contributed by atoms with Gasteiger partial charge in [-0.3, -0.25) is 4.55 Å². The summed E-state index contributed by atoms with van der Waals surface area (Å²) in [5.74, 6) is 0. The fourth-order valence-electron chi connectivity index (χ4n) is 2.27. The van der Waals surface area contributed by atoms with Crippen molar-refractivity contribution in [2.75, 3.05) is 0 Å². The third-order valence-electron chi connectivity index (χ3n) is 3.26. The van der Waals surface area contributed by atoms with Gasteiger partial charge in [0, 0.05) is 0 Å². The van der Waals surface area contributed by atoms with Crippen molar-refractivity contribution in [3.63, 3.8) is 0 Å². The summed E-state index contributed by atoms with van der Waals surface area (Å²) in [6, 6.07) is 7.43. The van der Waals surface area contributed by atoms with Crippen LogP contribution in [0.15, 0.2) is 24.3 Å². The molecule has 1 aliphatic carbocycles. The molecule has 0 fully saturated rings. The smallest absolute Gasteiger partial charge is 0.274 e. The number of aryl methyl sites for hydroxylation is 1. The Kier molecular flexibility index (Phi) is 2.35. The minimum Gasteiger partial charge on any atom is -0.285 e. The molecule has 1 aromatic rings. The molecule has 1 aromatic carbocycles. The van der Waals surface area contributed by atoms with Gasteiger partial charge in [-0.1, -0.05) is 24.3 Å². The standard InChI is InChI=1S/C11H14O3S/c1-11(15(12,13)14)8-4-6-9-5-2-3-7-10(9)11/h2-3,5,7H,4,6,8H2,1H3,(H,12,13,14). The Morgan fingerprint density at radius 2 is 2.00 bits per heavy atom. The van der Waals surface area contributed by atoms with Crippen molar-refractivity contribution in [3.8, 4) is 0 Å². The molecular weight excluding hydrogens is 212 g/mol. The zero-order chi connectivity index (χ0) is 11.1. The predicted octanol–water partition coefficient (Wildman–Crippen LogP) is 2.13. The molecule has 1 unspecified atom stereocenters. The Labute approximate surface area is 89.9 Å². The van der Waals surface area contributed by atoms with Crippen LogP contribution >= 0.6 is 0 Å². The van der Waals surface area contributed by atoms with Crippen LogP contribution in [0.1, 0.15) is 30.9 Å². The molecule has 1 N–H and O–H groups in total. The minimum absolute atomic E-state index is 0.489. The van der Waals surface area contributed by atoms with E-state index in [2.05, 4.69) is 0 Å². The van der Waals surface area contributed by atoms with E-state index in [1.807, 2.05) is 18.2 Å². The second-order valence-electron chi connectivity index (χ2n) is 4.22. The summed E-state index contributed by atoms with van der Waals surface area (Å²) in [5.41, 5.74) is 1.78. The van der Waals surface area contributed by atoms with Gasteiger partial charge in [0.15, 0.2) is 0 Å². The molecule has 82 valence electrons. The molecule has 1 aliphatic rings. The summed E-state index contributed by atoms with van der Waals surface area (Å²) >= 11 is 0. The first-order chi connectivity index (χ1) is 6.95. The fraction of sp³-hybridized carbons (Fsp3) is 0.455. The second-order valence-corrected chi connectivity index (χ2v) is 6.07. The van der Waals surface area contributed by atoms with Crippen LogP contribution in [0.25, 0.3) is 0 Å². The van der Waals surface area contributed by atoms with E-state index in [9.17, 15) is 13.0 Å². The first-order valence-corrected chi connectivity index (χ1v) is 6.44. The highest BCUT2D eigenvalue weighted by atomic mass is 32.2. The van der Waals surface area contributed by atoms with Crippen LogP contribution in [0.5, 0.6) is 0 Å². The Bertz CT molecular complexity index is 478. The van der Waals surface area contributed by atoms with Crippen LogP contribution in [0.2, 0.25) is 0 Å². The third kappa shape index (κ3) is 1.58. The normalized spacial score (nSPS) is 26.0. The lowest BCUT2D eigenvalue weighted by molar-refractivity contribution is 0.409. The fourth-order valence-corrected chi connectivity index (χ4v) is 3.15. The van der Waals surface area contributed by atoms with Gasteiger partial charge in [0.2, 0.25) is 0 Å². The van der Waals surface area contributed by atoms with E-state index >= 15 is 0 Å². The maximum atomic E-state index is 11.4. The van der Waals surface area contributed by atoms with E-state index in [1.54, 1.807) is 13.0 Å². The second kappa shape index (κ2) is 3.32. The lowest BCUT2D eigenvalue weighted by Gasteiger charge is -2.32. The van der Waals surface area contributed by atoms with Gasteiger partial charge in [-0.2, -0.15) is 8.42 Å². The van der Waals surface area contributed by atoms with Crippen LogP contribution in [0.4, 0.5) is 0 Å². The van der Waals surface area contributed by atoms with Crippen molar-refractivity contribution in [2.45, 2.75) is 30.9 Å². The zero-order valence-corrected chi connectivity index (χ0v) is 9.42. The predicted molar refractivity (Wildman–Crippen MR) is 58.3 cm³/mol. The molecule has 3 nitrogen and oxygen atoms in total. The van der Waals surface area contributed by atoms with Crippen LogP contribution in [0, 0.1) is 0 Å². The Balaban J connectivity index is 2.65. The van der Waals surface area contributed by atoms with Gasteiger partial charge in [-0.05, 0) is 37.3 Å². The van der Waals surface area contributed by atoms with Crippen LogP contribution in [-0.4, -0.2) is 13.0 Å². The Morgan fingerprint density at radius 3 is 2.67 bits per heavy atom. The van der Waals surface area contributed by atoms with Gasteiger partial charge in [0.1, 0.15) is 4.75 Å². The first-order valence-electron chi connectivity index (χ1n) is 5.00. The highest BCUT2D eigenvalue weighted by Crippen LogP contribution is 2.40. The summed E-state index contributed by atoms with van der Waals surface area (Å²) in [7, 11) is -4.04. The summed E-state index contributed by atoms with van der Waals surface area (Å²) in [6.07, 6.45) is 2.18. The number of hydrogen-bond donors (Lipinski definition) is 1. The van der Waals surface area contributed by atoms with E-state index in [4.69, 9.17) is 0 Å². The molecule has 0 aromatic heterocycles. The average Bonchev–Trinajstić information content (AvgIpc) is 2.17. The van der Waals surface area contributed by atoms with Crippen molar-refractivity contribution in [2.24, 2.45) is 0 Å². The molecule has 15 heavy (non-hydrogen) atoms. The summed E-state index contributed by atoms with van der Waals surface area (Å²) in [6.45, 7) is 1.60. The maximum absolute atomic E-state index is 11.4. The van der Waals surface area contributed by atoms with E-state index in [-0.39, 0.29) is 0 Å². The van der Waals surface area contributed by atoms with Crippen LogP contribution in [-0.2, 0) is 21.3 Å².